The number of hydroxylamine groups is 1. The highest BCUT2D eigenvalue weighted by molar-refractivity contribution is 5.93. The summed E-state index contributed by atoms with van der Waals surface area (Å²) in [4.78, 5) is 188. The van der Waals surface area contributed by atoms with Gasteiger partial charge in [0.1, 0.15) is 61.6 Å². The van der Waals surface area contributed by atoms with Gasteiger partial charge in [0.15, 0.2) is 5.78 Å². The van der Waals surface area contributed by atoms with Crippen LogP contribution in [-0.2, 0) is 110 Å². The molecular weight excluding hydrogens is 1560 g/mol. The zero-order valence-corrected chi connectivity index (χ0v) is 73.0. The van der Waals surface area contributed by atoms with Gasteiger partial charge in [-0.3, -0.25) is 67.2 Å². The van der Waals surface area contributed by atoms with Gasteiger partial charge < -0.3 is 80.2 Å². The Labute approximate surface area is 715 Å². The quantitative estimate of drug-likeness (QED) is 0.0200. The molecule has 0 aliphatic rings. The van der Waals surface area contributed by atoms with Crippen molar-refractivity contribution in [2.24, 2.45) is 17.3 Å². The molecule has 0 bridgehead atoms. The molecule has 0 aliphatic carbocycles. The minimum Gasteiger partial charge on any atom is -0.481 e. The maximum atomic E-state index is 13.7. The van der Waals surface area contributed by atoms with Crippen LogP contribution in [0.1, 0.15) is 319 Å². The van der Waals surface area contributed by atoms with E-state index >= 15 is 0 Å². The van der Waals surface area contributed by atoms with Crippen LogP contribution < -0.4 is 32.1 Å². The van der Waals surface area contributed by atoms with E-state index < -0.39 is 65.0 Å². The highest BCUT2D eigenvalue weighted by atomic mass is 16.7. The molecule has 0 unspecified atom stereocenters. The van der Waals surface area contributed by atoms with E-state index in [1.54, 1.807) is 20.8 Å². The normalized spacial score (nSPS) is 12.4. The SMILES string of the molecule is CC(=O)[C@H](CCCNC(=O)COCCONC(=O)COCCOCCCC(=O)CC[C@H](NC(=O)CCCCCCCCCCCCCCCCC(=O)O)C(=O)O)CC(=O)[C@H](CCCCNC(=O)COCCOCCCC(=O)COCCOCCNC(=O)CC[C@H](NC(=O)CCCCCCCCCCCCCCC(=O)O)C(=O)O)CC(=O)C(C)(C)C.[HH].[HH]. The second-order valence-electron chi connectivity index (χ2n) is 31.9. The van der Waals surface area contributed by atoms with Crippen molar-refractivity contribution in [1.29, 1.82) is 0 Å². The van der Waals surface area contributed by atoms with Crippen molar-refractivity contribution < 1.29 is 133 Å². The molecule has 33 heteroatoms. The highest BCUT2D eigenvalue weighted by Gasteiger charge is 2.31. The molecule has 4 atom stereocenters. The number of rotatable bonds is 89. The number of ketones is 5. The van der Waals surface area contributed by atoms with Crippen LogP contribution in [0.25, 0.3) is 0 Å². The van der Waals surface area contributed by atoms with Gasteiger partial charge in [-0.1, -0.05) is 168 Å². The third-order valence-electron chi connectivity index (χ3n) is 20.0. The Kier molecular flexibility index (Phi) is 73.1. The Morgan fingerprint density at radius 3 is 1.10 bits per heavy atom. The number of aliphatic carboxylic acids is 4. The first-order valence-corrected chi connectivity index (χ1v) is 44.4. The van der Waals surface area contributed by atoms with Gasteiger partial charge in [-0.25, -0.2) is 15.1 Å². The smallest absolute Gasteiger partial charge is 0.326 e. The molecule has 0 heterocycles. The van der Waals surface area contributed by atoms with Crippen molar-refractivity contribution >= 4 is 88.2 Å². The van der Waals surface area contributed by atoms with Gasteiger partial charge in [0.05, 0.1) is 59.5 Å². The van der Waals surface area contributed by atoms with Crippen molar-refractivity contribution in [3.63, 3.8) is 0 Å². The zero-order valence-electron chi connectivity index (χ0n) is 73.0. The van der Waals surface area contributed by atoms with E-state index in [1.165, 1.54) is 39.0 Å². The van der Waals surface area contributed by atoms with Crippen molar-refractivity contribution in [2.75, 3.05) is 119 Å². The molecule has 0 saturated carbocycles. The molecule has 0 aromatic heterocycles. The van der Waals surface area contributed by atoms with Gasteiger partial charge in [-0.2, -0.15) is 0 Å². The fraction of sp³-hybridized carbons (Fsp3) is 0.828. The predicted molar refractivity (Wildman–Crippen MR) is 452 cm³/mol. The molecule has 0 saturated heterocycles. The van der Waals surface area contributed by atoms with Crippen molar-refractivity contribution in [1.82, 2.24) is 32.1 Å². The van der Waals surface area contributed by atoms with Gasteiger partial charge >= 0.3 is 23.9 Å². The summed E-state index contributed by atoms with van der Waals surface area (Å²) in [5, 5.41) is 49.9. The molecule has 33 nitrogen and oxygen atoms in total. The van der Waals surface area contributed by atoms with E-state index in [0.717, 1.165) is 122 Å². The number of carboxylic acids is 4. The average molecular weight is 1720 g/mol. The lowest BCUT2D eigenvalue weighted by Gasteiger charge is -2.23. The van der Waals surface area contributed by atoms with Crippen LogP contribution in [-0.4, -0.2) is 239 Å². The third kappa shape index (κ3) is 74.6. The summed E-state index contributed by atoms with van der Waals surface area (Å²) in [6.07, 6.45) is 31.0. The predicted octanol–water partition coefficient (Wildman–Crippen LogP) is 11.0. The monoisotopic (exact) mass is 1720 g/mol. The molecule has 10 N–H and O–H groups in total. The number of unbranched alkanes of at least 4 members (excludes halogenated alkanes) is 25. The fourth-order valence-electron chi connectivity index (χ4n) is 12.7. The van der Waals surface area contributed by atoms with Crippen LogP contribution in [0, 0.1) is 17.3 Å². The van der Waals surface area contributed by atoms with E-state index in [2.05, 4.69) is 32.1 Å². The summed E-state index contributed by atoms with van der Waals surface area (Å²) < 4.78 is 37.9. The lowest BCUT2D eigenvalue weighted by Crippen LogP contribution is -2.41. The second kappa shape index (κ2) is 77.8. The van der Waals surface area contributed by atoms with E-state index in [9.17, 15) is 82.1 Å². The Balaban J connectivity index is -0.0000708. The maximum absolute atomic E-state index is 13.7. The Bertz CT molecular complexity index is 2860. The third-order valence-corrected chi connectivity index (χ3v) is 20.0. The summed E-state index contributed by atoms with van der Waals surface area (Å²) in [6.45, 7) is 8.04. The van der Waals surface area contributed by atoms with Crippen LogP contribution in [0.2, 0.25) is 0 Å². The molecule has 0 aromatic rings. The Morgan fingerprint density at radius 1 is 0.300 bits per heavy atom. The van der Waals surface area contributed by atoms with Gasteiger partial charge in [0.25, 0.3) is 5.91 Å². The lowest BCUT2D eigenvalue weighted by atomic mass is 9.80. The number of carbonyl (C=O) groups is 15. The molecule has 0 rings (SSSR count). The maximum Gasteiger partial charge on any atom is 0.326 e. The van der Waals surface area contributed by atoms with E-state index in [1.807, 2.05) is 0 Å². The van der Waals surface area contributed by atoms with Gasteiger partial charge in [-0.05, 0) is 84.0 Å². The van der Waals surface area contributed by atoms with Crippen molar-refractivity contribution in [3.05, 3.63) is 0 Å². The molecular formula is C87H156N6O27. The first-order chi connectivity index (χ1) is 57.6. The minimum atomic E-state index is -1.21. The number of nitrogens with one attached hydrogen (secondary N) is 6. The first-order valence-electron chi connectivity index (χ1n) is 44.4. The van der Waals surface area contributed by atoms with Gasteiger partial charge in [0.2, 0.25) is 29.5 Å². The number of amides is 6. The van der Waals surface area contributed by atoms with Crippen LogP contribution in [0.15, 0.2) is 0 Å². The minimum absolute atomic E-state index is 0. The zero-order chi connectivity index (χ0) is 88.9. The number of carboxylic acid groups (broad SMARTS) is 4. The molecule has 0 fully saturated rings. The number of hydrogen-bond donors (Lipinski definition) is 10. The standard InChI is InChI=1S/C87H152N6O27.2H2/c1-68(94)69(37-33-49-89-81(103)66-119-60-61-120-93-82(104)67-118-59-55-113-51-34-38-71(95)44-45-73(85(109)110)91-78(100)40-27-23-19-15-11-7-5-6-8-13-17-21-25-29-42-83(105)106)62-75(97)70(63-76(98)87(2,3)4)36-31-32-48-88-80(102)65-117-58-54-114-52-35-39-72(96)64-116-57-56-115-53-50-90-77(99)47-46-74(86(111)112)92-79(101)41-28-24-20-16-12-9-10-14-18-22-26-30-43-84(107)108;;/h69-70,73-74H,5-67H2,1-4H3,(H,88,102)(H,89,103)(H,90,99)(H,91,100)(H,92,101)(H,93,104)(H,105,106)(H,107,108)(H,109,110)(H,111,112);2*1H/t69-,70-,73+,74+;;/m1../s1. The molecule has 6 amide bonds. The van der Waals surface area contributed by atoms with Crippen LogP contribution in [0.4, 0.5) is 0 Å². The largest absolute Gasteiger partial charge is 0.481 e. The number of hydrogen-bond acceptors (Lipinski definition) is 23. The number of carbonyl (C=O) groups excluding carboxylic acids is 11. The van der Waals surface area contributed by atoms with Crippen molar-refractivity contribution in [2.45, 2.75) is 329 Å². The van der Waals surface area contributed by atoms with E-state index in [-0.39, 0.29) is 238 Å². The summed E-state index contributed by atoms with van der Waals surface area (Å²) in [6, 6.07) is -2.32. The number of ether oxygens (including phenoxy) is 7. The summed E-state index contributed by atoms with van der Waals surface area (Å²) in [5.41, 5.74) is 1.52. The summed E-state index contributed by atoms with van der Waals surface area (Å²) in [5.74, 6) is -8.27. The first kappa shape index (κ1) is 113. The van der Waals surface area contributed by atoms with Crippen molar-refractivity contribution in [3.8, 4) is 0 Å². The summed E-state index contributed by atoms with van der Waals surface area (Å²) >= 11 is 0. The molecule has 0 radical (unpaired) electrons. The summed E-state index contributed by atoms with van der Waals surface area (Å²) in [7, 11) is 0. The van der Waals surface area contributed by atoms with Crippen LogP contribution in [0.5, 0.6) is 0 Å². The van der Waals surface area contributed by atoms with E-state index in [0.29, 0.717) is 70.9 Å². The topological polar surface area (TPSA) is 483 Å². The lowest BCUT2D eigenvalue weighted by molar-refractivity contribution is -0.142. The van der Waals surface area contributed by atoms with Crippen LogP contribution >= 0.6 is 0 Å². The molecule has 696 valence electrons. The number of Topliss-reactive ketones (excluding diaryl/α,β-unsaturated/α-hetero) is 5. The molecule has 120 heavy (non-hydrogen) atoms. The van der Waals surface area contributed by atoms with Gasteiger partial charge in [0, 0.05) is 117 Å². The second-order valence-corrected chi connectivity index (χ2v) is 31.9. The van der Waals surface area contributed by atoms with Crippen LogP contribution in [0.3, 0.4) is 0 Å². The Morgan fingerprint density at radius 2 is 0.667 bits per heavy atom. The van der Waals surface area contributed by atoms with E-state index in [4.69, 9.17) is 48.2 Å². The Hall–Kier alpha value is -7.27. The molecule has 0 aromatic carbocycles. The molecule has 0 aliphatic heterocycles. The highest BCUT2D eigenvalue weighted by Crippen LogP contribution is 2.27. The molecule has 0 spiro atoms. The fourth-order valence-corrected chi connectivity index (χ4v) is 12.7. The average Bonchev–Trinajstić information content (AvgIpc) is 0.870. The van der Waals surface area contributed by atoms with Gasteiger partial charge in [-0.15, -0.1) is 0 Å².